The molecule has 44 valence electrons. The first-order chi connectivity index (χ1) is 3.84. The van der Waals surface area contributed by atoms with E-state index in [2.05, 4.69) is 9.74 Å². The van der Waals surface area contributed by atoms with Gasteiger partial charge in [0.1, 0.15) is 0 Å². The molecular formula is C6H10N2. The Hall–Kier alpha value is -0.550. The number of nitrogens with zero attached hydrogens (tertiary/aromatic N) is 2. The van der Waals surface area contributed by atoms with E-state index in [9.17, 15) is 0 Å². The SMILES string of the molecule is [C-]#[N+]C1CCCN1C. The van der Waals surface area contributed by atoms with Crippen LogP contribution in [0.1, 0.15) is 12.8 Å². The Labute approximate surface area is 49.9 Å². The Morgan fingerprint density at radius 1 is 1.75 bits per heavy atom. The van der Waals surface area contributed by atoms with Gasteiger partial charge in [0, 0.05) is 13.0 Å². The third-order valence-corrected chi connectivity index (χ3v) is 1.63. The van der Waals surface area contributed by atoms with Crippen molar-refractivity contribution in [1.82, 2.24) is 4.90 Å². The van der Waals surface area contributed by atoms with Crippen molar-refractivity contribution < 1.29 is 0 Å². The van der Waals surface area contributed by atoms with Crippen LogP contribution in [0.4, 0.5) is 0 Å². The highest BCUT2D eigenvalue weighted by Crippen LogP contribution is 2.14. The smallest absolute Gasteiger partial charge is 0.279 e. The van der Waals surface area contributed by atoms with E-state index in [1.165, 1.54) is 6.42 Å². The van der Waals surface area contributed by atoms with Crippen molar-refractivity contribution in [2.75, 3.05) is 13.6 Å². The summed E-state index contributed by atoms with van der Waals surface area (Å²) in [6.45, 7) is 7.82. The van der Waals surface area contributed by atoms with Crippen molar-refractivity contribution >= 4 is 0 Å². The summed E-state index contributed by atoms with van der Waals surface area (Å²) in [5.41, 5.74) is 0. The van der Waals surface area contributed by atoms with Crippen LogP contribution in [0.5, 0.6) is 0 Å². The average molecular weight is 110 g/mol. The molecule has 0 aliphatic carbocycles. The zero-order chi connectivity index (χ0) is 5.98. The highest BCUT2D eigenvalue weighted by atomic mass is 15.2. The van der Waals surface area contributed by atoms with Crippen LogP contribution < -0.4 is 0 Å². The molecule has 0 bridgehead atoms. The second-order valence-electron chi connectivity index (χ2n) is 2.23. The molecule has 1 unspecified atom stereocenters. The molecule has 0 radical (unpaired) electrons. The van der Waals surface area contributed by atoms with Gasteiger partial charge in [-0.15, -0.1) is 0 Å². The number of likely N-dealkylation sites (tertiary alicyclic amines) is 1. The molecule has 1 aliphatic rings. The molecule has 2 nitrogen and oxygen atoms in total. The second kappa shape index (κ2) is 2.15. The monoisotopic (exact) mass is 110 g/mol. The first kappa shape index (κ1) is 5.58. The van der Waals surface area contributed by atoms with Crippen LogP contribution in [0.25, 0.3) is 4.85 Å². The normalized spacial score (nSPS) is 30.2. The van der Waals surface area contributed by atoms with Crippen molar-refractivity contribution in [3.8, 4) is 0 Å². The summed E-state index contributed by atoms with van der Waals surface area (Å²) in [5.74, 6) is 0. The fraction of sp³-hybridized carbons (Fsp3) is 0.833. The fourth-order valence-corrected chi connectivity index (χ4v) is 1.06. The number of rotatable bonds is 0. The Bertz CT molecular complexity index is 114. The zero-order valence-electron chi connectivity index (χ0n) is 5.09. The molecule has 0 aromatic carbocycles. The fourth-order valence-electron chi connectivity index (χ4n) is 1.06. The van der Waals surface area contributed by atoms with Gasteiger partial charge >= 0.3 is 0 Å². The predicted octanol–water partition coefficient (Wildman–Crippen LogP) is 0.957. The lowest BCUT2D eigenvalue weighted by atomic mass is 10.3. The van der Waals surface area contributed by atoms with E-state index in [0.29, 0.717) is 0 Å². The average Bonchev–Trinajstić information content (AvgIpc) is 2.14. The Balaban J connectivity index is 2.45. The Kier molecular flexibility index (Phi) is 1.50. The lowest BCUT2D eigenvalue weighted by Gasteiger charge is -2.05. The molecule has 0 saturated carbocycles. The van der Waals surface area contributed by atoms with Crippen LogP contribution in [0, 0.1) is 6.57 Å². The van der Waals surface area contributed by atoms with Gasteiger partial charge in [-0.1, -0.05) is 0 Å². The van der Waals surface area contributed by atoms with Crippen molar-refractivity contribution in [3.63, 3.8) is 0 Å². The summed E-state index contributed by atoms with van der Waals surface area (Å²) in [5, 5.41) is 0. The van der Waals surface area contributed by atoms with Crippen molar-refractivity contribution in [1.29, 1.82) is 0 Å². The Morgan fingerprint density at radius 3 is 2.75 bits per heavy atom. The molecule has 2 heteroatoms. The van der Waals surface area contributed by atoms with Crippen molar-refractivity contribution in [2.45, 2.75) is 19.0 Å². The van der Waals surface area contributed by atoms with E-state index < -0.39 is 0 Å². The molecule has 0 N–H and O–H groups in total. The van der Waals surface area contributed by atoms with Crippen molar-refractivity contribution in [2.24, 2.45) is 0 Å². The highest BCUT2D eigenvalue weighted by molar-refractivity contribution is 4.82. The summed E-state index contributed by atoms with van der Waals surface area (Å²) in [7, 11) is 2.01. The summed E-state index contributed by atoms with van der Waals surface area (Å²) < 4.78 is 0. The van der Waals surface area contributed by atoms with Gasteiger partial charge in [-0.3, -0.25) is 4.85 Å². The minimum absolute atomic E-state index is 0.190. The molecule has 0 aromatic rings. The van der Waals surface area contributed by atoms with Gasteiger partial charge in [0.25, 0.3) is 6.17 Å². The molecule has 1 fully saturated rings. The third kappa shape index (κ3) is 0.823. The molecule has 1 saturated heterocycles. The van der Waals surface area contributed by atoms with E-state index in [0.717, 1.165) is 13.0 Å². The maximum absolute atomic E-state index is 6.71. The molecule has 1 rings (SSSR count). The van der Waals surface area contributed by atoms with Crippen molar-refractivity contribution in [3.05, 3.63) is 11.4 Å². The van der Waals surface area contributed by atoms with E-state index in [1.807, 2.05) is 7.05 Å². The molecule has 1 aliphatic heterocycles. The molecule has 8 heavy (non-hydrogen) atoms. The van der Waals surface area contributed by atoms with Gasteiger partial charge in [0.2, 0.25) is 0 Å². The van der Waals surface area contributed by atoms with Gasteiger partial charge < -0.3 is 0 Å². The van der Waals surface area contributed by atoms with Gasteiger partial charge in [-0.25, -0.2) is 11.5 Å². The molecule has 1 heterocycles. The molecular weight excluding hydrogens is 100 g/mol. The van der Waals surface area contributed by atoms with E-state index >= 15 is 0 Å². The van der Waals surface area contributed by atoms with Gasteiger partial charge in [0.05, 0.1) is 0 Å². The maximum atomic E-state index is 6.71. The van der Waals surface area contributed by atoms with Gasteiger partial charge in [0.15, 0.2) is 0 Å². The topological polar surface area (TPSA) is 7.60 Å². The highest BCUT2D eigenvalue weighted by Gasteiger charge is 2.24. The lowest BCUT2D eigenvalue weighted by Crippen LogP contribution is -2.20. The summed E-state index contributed by atoms with van der Waals surface area (Å²) in [4.78, 5) is 5.55. The van der Waals surface area contributed by atoms with Crippen LogP contribution in [0.15, 0.2) is 0 Å². The first-order valence-corrected chi connectivity index (χ1v) is 2.91. The standard InChI is InChI=1S/C6H10N2/c1-7-6-4-3-5-8(6)2/h6H,3-5H2,2H3. The van der Waals surface area contributed by atoms with E-state index in [-0.39, 0.29) is 6.17 Å². The molecule has 1 atom stereocenters. The van der Waals surface area contributed by atoms with Crippen LogP contribution in [-0.2, 0) is 0 Å². The van der Waals surface area contributed by atoms with E-state index in [1.54, 1.807) is 0 Å². The predicted molar refractivity (Wildman–Crippen MR) is 32.3 cm³/mol. The lowest BCUT2D eigenvalue weighted by molar-refractivity contribution is 0.355. The second-order valence-corrected chi connectivity index (χ2v) is 2.23. The molecule has 0 spiro atoms. The van der Waals surface area contributed by atoms with Crippen LogP contribution in [0.2, 0.25) is 0 Å². The van der Waals surface area contributed by atoms with Crippen LogP contribution in [0.3, 0.4) is 0 Å². The van der Waals surface area contributed by atoms with Crippen LogP contribution >= 0.6 is 0 Å². The first-order valence-electron chi connectivity index (χ1n) is 2.91. The molecule has 0 aromatic heterocycles. The third-order valence-electron chi connectivity index (χ3n) is 1.63. The quantitative estimate of drug-likeness (QED) is 0.421. The maximum Gasteiger partial charge on any atom is 0.279 e. The largest absolute Gasteiger partial charge is 0.296 e. The minimum Gasteiger partial charge on any atom is -0.296 e. The molecule has 0 amide bonds. The van der Waals surface area contributed by atoms with E-state index in [4.69, 9.17) is 6.57 Å². The van der Waals surface area contributed by atoms with Gasteiger partial charge in [-0.2, -0.15) is 0 Å². The summed E-state index contributed by atoms with van der Waals surface area (Å²) >= 11 is 0. The number of hydrogen-bond acceptors (Lipinski definition) is 1. The zero-order valence-corrected chi connectivity index (χ0v) is 5.09. The Morgan fingerprint density at radius 2 is 2.50 bits per heavy atom. The minimum atomic E-state index is 0.190. The van der Waals surface area contributed by atoms with Gasteiger partial charge in [-0.05, 0) is 13.5 Å². The summed E-state index contributed by atoms with van der Waals surface area (Å²) in [6, 6.07) is 0. The number of hydrogen-bond donors (Lipinski definition) is 0. The van der Waals surface area contributed by atoms with Crippen LogP contribution in [-0.4, -0.2) is 24.7 Å². The summed E-state index contributed by atoms with van der Waals surface area (Å²) in [6.07, 6.45) is 2.46.